The predicted molar refractivity (Wildman–Crippen MR) is 107 cm³/mol. The number of aromatic nitrogens is 4. The lowest BCUT2D eigenvalue weighted by Gasteiger charge is -2.07. The van der Waals surface area contributed by atoms with Crippen LogP contribution < -0.4 is 11.0 Å². The van der Waals surface area contributed by atoms with E-state index in [1.807, 2.05) is 60.7 Å². The fraction of sp³-hybridized carbons (Fsp3) is 0.0476. The molecule has 2 heterocycles. The predicted octanol–water partition coefficient (Wildman–Crippen LogP) is 3.18. The van der Waals surface area contributed by atoms with E-state index >= 15 is 0 Å². The second kappa shape index (κ2) is 7.32. The van der Waals surface area contributed by atoms with Crippen molar-refractivity contribution in [2.75, 3.05) is 5.32 Å². The molecule has 7 nitrogen and oxygen atoms in total. The Morgan fingerprint density at radius 2 is 1.71 bits per heavy atom. The van der Waals surface area contributed by atoms with E-state index in [2.05, 4.69) is 20.4 Å². The smallest absolute Gasteiger partial charge is 0.308 e. The summed E-state index contributed by atoms with van der Waals surface area (Å²) in [6, 6.07) is 19.0. The molecule has 0 aliphatic rings. The van der Waals surface area contributed by atoms with Crippen molar-refractivity contribution >= 4 is 11.7 Å². The van der Waals surface area contributed by atoms with E-state index in [0.717, 1.165) is 11.3 Å². The number of carbonyl (C=O) groups excluding carboxylic acids is 1. The zero-order chi connectivity index (χ0) is 19.5. The van der Waals surface area contributed by atoms with Crippen LogP contribution in [0.5, 0.6) is 0 Å². The lowest BCUT2D eigenvalue weighted by Crippen LogP contribution is -2.19. The Labute approximate surface area is 160 Å². The molecule has 4 aromatic rings. The number of aryl methyl sites for hydroxylation is 1. The maximum Gasteiger partial charge on any atom is 0.346 e. The van der Waals surface area contributed by atoms with Gasteiger partial charge in [0.2, 0.25) is 0 Å². The van der Waals surface area contributed by atoms with Gasteiger partial charge in [-0.15, -0.1) is 0 Å². The van der Waals surface area contributed by atoms with E-state index in [1.165, 1.54) is 6.20 Å². The summed E-state index contributed by atoms with van der Waals surface area (Å²) in [5.41, 5.74) is 2.74. The number of nitrogens with one attached hydrogen (secondary N) is 2. The molecule has 0 saturated carbocycles. The van der Waals surface area contributed by atoms with Crippen LogP contribution in [0.1, 0.15) is 15.9 Å². The zero-order valence-corrected chi connectivity index (χ0v) is 15.1. The standard InChI is InChI=1S/C21H17N5O2/c1-14-12-22-21(28)24-19(14)23-20(27)17-13-26(16-10-6-3-7-11-16)25-18(17)15-8-4-2-5-9-15/h2-13H,1H3,(H2,22,23,24,27,28). The maximum atomic E-state index is 13.0. The number of H-pyrrole nitrogens is 1. The minimum atomic E-state index is -0.524. The molecule has 0 unspecified atom stereocenters. The molecule has 0 saturated heterocycles. The zero-order valence-electron chi connectivity index (χ0n) is 15.1. The van der Waals surface area contributed by atoms with Gasteiger partial charge in [0.25, 0.3) is 5.91 Å². The summed E-state index contributed by atoms with van der Waals surface area (Å²) in [4.78, 5) is 30.7. The van der Waals surface area contributed by atoms with E-state index in [4.69, 9.17) is 0 Å². The summed E-state index contributed by atoms with van der Waals surface area (Å²) >= 11 is 0. The highest BCUT2D eigenvalue weighted by Gasteiger charge is 2.19. The van der Waals surface area contributed by atoms with Crippen LogP contribution >= 0.6 is 0 Å². The lowest BCUT2D eigenvalue weighted by molar-refractivity contribution is 0.102. The largest absolute Gasteiger partial charge is 0.346 e. The molecule has 0 fully saturated rings. The fourth-order valence-corrected chi connectivity index (χ4v) is 2.83. The molecule has 2 aromatic carbocycles. The quantitative estimate of drug-likeness (QED) is 0.576. The molecule has 0 spiro atoms. The molecule has 2 N–H and O–H groups in total. The molecule has 0 aliphatic heterocycles. The van der Waals surface area contributed by atoms with E-state index in [-0.39, 0.29) is 5.91 Å². The first-order valence-electron chi connectivity index (χ1n) is 8.69. The van der Waals surface area contributed by atoms with Gasteiger partial charge in [-0.1, -0.05) is 48.5 Å². The van der Waals surface area contributed by atoms with Gasteiger partial charge in [0.15, 0.2) is 0 Å². The number of hydrogen-bond acceptors (Lipinski definition) is 4. The highest BCUT2D eigenvalue weighted by molar-refractivity contribution is 6.07. The van der Waals surface area contributed by atoms with Crippen LogP contribution in [0.15, 0.2) is 77.9 Å². The van der Waals surface area contributed by atoms with Gasteiger partial charge in [-0.3, -0.25) is 9.78 Å². The van der Waals surface area contributed by atoms with Gasteiger partial charge in [-0.25, -0.2) is 14.5 Å². The number of para-hydroxylation sites is 1. The van der Waals surface area contributed by atoms with Gasteiger partial charge in [-0.2, -0.15) is 5.10 Å². The summed E-state index contributed by atoms with van der Waals surface area (Å²) in [5.74, 6) is -0.0533. The van der Waals surface area contributed by atoms with Crippen LogP contribution in [0, 0.1) is 6.92 Å². The van der Waals surface area contributed by atoms with Crippen LogP contribution in [-0.4, -0.2) is 25.7 Å². The van der Waals surface area contributed by atoms with Crippen molar-refractivity contribution in [3.05, 3.63) is 94.7 Å². The minimum Gasteiger partial charge on any atom is -0.308 e. The SMILES string of the molecule is Cc1cnc(=O)[nH]c1NC(=O)c1cn(-c2ccccc2)nc1-c1ccccc1. The van der Waals surface area contributed by atoms with E-state index in [0.29, 0.717) is 22.6 Å². The molecule has 4 rings (SSSR count). The van der Waals surface area contributed by atoms with Gasteiger partial charge in [-0.05, 0) is 19.1 Å². The first-order valence-corrected chi connectivity index (χ1v) is 8.69. The molecule has 138 valence electrons. The molecule has 0 atom stereocenters. The second-order valence-electron chi connectivity index (χ2n) is 6.24. The van der Waals surface area contributed by atoms with Gasteiger partial charge in [0, 0.05) is 23.5 Å². The molecule has 2 aromatic heterocycles. The molecule has 28 heavy (non-hydrogen) atoms. The number of carbonyl (C=O) groups is 1. The third-order valence-electron chi connectivity index (χ3n) is 4.27. The highest BCUT2D eigenvalue weighted by atomic mass is 16.2. The summed E-state index contributed by atoms with van der Waals surface area (Å²) in [6.45, 7) is 1.75. The molecular weight excluding hydrogens is 354 g/mol. The van der Waals surface area contributed by atoms with Gasteiger partial charge < -0.3 is 5.32 Å². The van der Waals surface area contributed by atoms with Gasteiger partial charge in [0.05, 0.1) is 11.3 Å². The summed E-state index contributed by atoms with van der Waals surface area (Å²) < 4.78 is 1.67. The number of rotatable bonds is 4. The van der Waals surface area contributed by atoms with Gasteiger partial charge in [0.1, 0.15) is 11.5 Å². The van der Waals surface area contributed by atoms with Crippen molar-refractivity contribution in [3.8, 4) is 16.9 Å². The summed E-state index contributed by atoms with van der Waals surface area (Å²) in [7, 11) is 0. The number of aromatic amines is 1. The van der Waals surface area contributed by atoms with Crippen molar-refractivity contribution in [2.45, 2.75) is 6.92 Å². The first-order chi connectivity index (χ1) is 13.6. The van der Waals surface area contributed by atoms with E-state index < -0.39 is 5.69 Å². The lowest BCUT2D eigenvalue weighted by atomic mass is 10.1. The number of anilines is 1. The number of nitrogens with zero attached hydrogens (tertiary/aromatic N) is 3. The Morgan fingerprint density at radius 3 is 2.43 bits per heavy atom. The monoisotopic (exact) mass is 371 g/mol. The Bertz CT molecular complexity index is 1180. The molecular formula is C21H17N5O2. The summed E-state index contributed by atoms with van der Waals surface area (Å²) in [5, 5.41) is 7.38. The van der Waals surface area contributed by atoms with Crippen molar-refractivity contribution in [2.24, 2.45) is 0 Å². The number of amides is 1. The molecule has 1 amide bonds. The fourth-order valence-electron chi connectivity index (χ4n) is 2.83. The van der Waals surface area contributed by atoms with Gasteiger partial charge >= 0.3 is 5.69 Å². The average Bonchev–Trinajstić information content (AvgIpc) is 3.18. The van der Waals surface area contributed by atoms with Crippen LogP contribution in [0.2, 0.25) is 0 Å². The van der Waals surface area contributed by atoms with E-state index in [9.17, 15) is 9.59 Å². The van der Waals surface area contributed by atoms with Crippen LogP contribution in [0.4, 0.5) is 5.82 Å². The molecule has 0 radical (unpaired) electrons. The molecule has 0 aliphatic carbocycles. The first kappa shape index (κ1) is 17.4. The number of hydrogen-bond donors (Lipinski definition) is 2. The van der Waals surface area contributed by atoms with Crippen molar-refractivity contribution in [1.29, 1.82) is 0 Å². The van der Waals surface area contributed by atoms with Crippen LogP contribution in [0.3, 0.4) is 0 Å². The van der Waals surface area contributed by atoms with Crippen molar-refractivity contribution < 1.29 is 4.79 Å². The minimum absolute atomic E-state index is 0.316. The average molecular weight is 371 g/mol. The highest BCUT2D eigenvalue weighted by Crippen LogP contribution is 2.24. The second-order valence-corrected chi connectivity index (χ2v) is 6.24. The Kier molecular flexibility index (Phi) is 4.55. The Balaban J connectivity index is 1.78. The number of benzene rings is 2. The van der Waals surface area contributed by atoms with Crippen molar-refractivity contribution in [1.82, 2.24) is 19.7 Å². The van der Waals surface area contributed by atoms with E-state index in [1.54, 1.807) is 17.8 Å². The normalized spacial score (nSPS) is 10.6. The van der Waals surface area contributed by atoms with Crippen LogP contribution in [0.25, 0.3) is 16.9 Å². The van der Waals surface area contributed by atoms with Crippen molar-refractivity contribution in [3.63, 3.8) is 0 Å². The Hall–Kier alpha value is -4.00. The molecule has 0 bridgehead atoms. The molecule has 7 heteroatoms. The third-order valence-corrected chi connectivity index (χ3v) is 4.27. The maximum absolute atomic E-state index is 13.0. The topological polar surface area (TPSA) is 92.7 Å². The third kappa shape index (κ3) is 3.45. The summed E-state index contributed by atoms with van der Waals surface area (Å²) in [6.07, 6.45) is 3.10. The van der Waals surface area contributed by atoms with Crippen LogP contribution in [-0.2, 0) is 0 Å². The Morgan fingerprint density at radius 1 is 1.04 bits per heavy atom.